The molecule has 34 heavy (non-hydrogen) atoms. The number of anilines is 1. The van der Waals surface area contributed by atoms with E-state index in [1.807, 2.05) is 10.3 Å². The van der Waals surface area contributed by atoms with Crippen molar-refractivity contribution < 1.29 is 9.72 Å². The van der Waals surface area contributed by atoms with Gasteiger partial charge in [-0.3, -0.25) is 20.3 Å². The Morgan fingerprint density at radius 2 is 1.82 bits per heavy atom. The van der Waals surface area contributed by atoms with Crippen molar-refractivity contribution >= 4 is 57.0 Å². The Hall–Kier alpha value is -3.01. The molecule has 2 aliphatic rings. The number of aromatic nitrogens is 1. The number of fused-ring (bicyclic) bond motifs is 2. The van der Waals surface area contributed by atoms with Crippen LogP contribution in [0, 0.1) is 10.1 Å². The third kappa shape index (κ3) is 4.51. The molecule has 5 rings (SSSR count). The topological polar surface area (TPSA) is 101 Å². The molecule has 3 aromatic rings. The first kappa shape index (κ1) is 22.8. The van der Waals surface area contributed by atoms with E-state index < -0.39 is 4.92 Å². The van der Waals surface area contributed by atoms with Crippen LogP contribution in [0.25, 0.3) is 11.3 Å². The number of halogens is 2. The van der Waals surface area contributed by atoms with Crippen LogP contribution in [0.3, 0.4) is 0 Å². The summed E-state index contributed by atoms with van der Waals surface area (Å²) in [4.78, 5) is 30.0. The Bertz CT molecular complexity index is 1280. The van der Waals surface area contributed by atoms with Crippen LogP contribution in [0.2, 0.25) is 10.0 Å². The summed E-state index contributed by atoms with van der Waals surface area (Å²) in [5.74, 6) is -0.0225. The number of carbonyl (C=O) groups is 1. The van der Waals surface area contributed by atoms with Crippen LogP contribution in [0.5, 0.6) is 0 Å². The van der Waals surface area contributed by atoms with Gasteiger partial charge in [0.05, 0.1) is 20.7 Å². The maximum Gasteiger partial charge on any atom is 0.269 e. The Morgan fingerprint density at radius 1 is 1.12 bits per heavy atom. The van der Waals surface area contributed by atoms with E-state index in [-0.39, 0.29) is 23.7 Å². The number of benzene rings is 2. The van der Waals surface area contributed by atoms with E-state index in [4.69, 9.17) is 23.2 Å². The maximum absolute atomic E-state index is 13.1. The van der Waals surface area contributed by atoms with Crippen LogP contribution in [0.1, 0.15) is 36.0 Å². The van der Waals surface area contributed by atoms with Crippen molar-refractivity contribution in [3.05, 3.63) is 73.6 Å². The summed E-state index contributed by atoms with van der Waals surface area (Å²) < 4.78 is 0. The van der Waals surface area contributed by atoms with Crippen LogP contribution in [0.4, 0.5) is 10.8 Å². The molecule has 1 N–H and O–H groups in total. The molecule has 2 saturated heterocycles. The molecule has 0 aliphatic carbocycles. The van der Waals surface area contributed by atoms with Crippen molar-refractivity contribution in [3.8, 4) is 11.3 Å². The van der Waals surface area contributed by atoms with E-state index >= 15 is 0 Å². The first-order chi connectivity index (χ1) is 16.4. The van der Waals surface area contributed by atoms with Gasteiger partial charge >= 0.3 is 0 Å². The summed E-state index contributed by atoms with van der Waals surface area (Å²) in [6.07, 6.45) is 3.30. The average molecular weight is 516 g/mol. The molecule has 0 saturated carbocycles. The number of rotatable bonds is 5. The highest BCUT2D eigenvalue weighted by atomic mass is 35.5. The fraction of sp³-hybridized carbons (Fsp3) is 0.261. The molecule has 2 bridgehead atoms. The van der Waals surface area contributed by atoms with Gasteiger partial charge in [0.15, 0.2) is 0 Å². The summed E-state index contributed by atoms with van der Waals surface area (Å²) in [7, 11) is 0. The van der Waals surface area contributed by atoms with E-state index in [1.54, 1.807) is 30.3 Å². The number of amides is 1. The Labute approximate surface area is 209 Å². The summed E-state index contributed by atoms with van der Waals surface area (Å²) in [5.41, 5.74) is 6.17. The van der Waals surface area contributed by atoms with Gasteiger partial charge in [0.1, 0.15) is 0 Å². The number of hydrogen-bond acceptors (Lipinski definition) is 7. The zero-order chi connectivity index (χ0) is 23.8. The zero-order valence-electron chi connectivity index (χ0n) is 17.8. The molecule has 2 fully saturated rings. The van der Waals surface area contributed by atoms with Gasteiger partial charge in [0.25, 0.3) is 11.6 Å². The first-order valence-electron chi connectivity index (χ1n) is 10.7. The molecule has 174 valence electrons. The lowest BCUT2D eigenvalue weighted by Gasteiger charge is -2.35. The number of piperidine rings is 1. The van der Waals surface area contributed by atoms with Gasteiger partial charge in [0, 0.05) is 59.3 Å². The number of nitro benzene ring substituents is 1. The summed E-state index contributed by atoms with van der Waals surface area (Å²) in [6, 6.07) is 11.5. The second-order valence-electron chi connectivity index (χ2n) is 8.27. The molecule has 1 aromatic heterocycles. The van der Waals surface area contributed by atoms with Crippen molar-refractivity contribution in [1.29, 1.82) is 0 Å². The molecule has 2 unspecified atom stereocenters. The van der Waals surface area contributed by atoms with Crippen molar-refractivity contribution in [3.63, 3.8) is 0 Å². The smallest absolute Gasteiger partial charge is 0.269 e. The zero-order valence-corrected chi connectivity index (χ0v) is 20.1. The van der Waals surface area contributed by atoms with Crippen molar-refractivity contribution in [2.75, 3.05) is 5.43 Å². The van der Waals surface area contributed by atoms with Crippen molar-refractivity contribution in [2.45, 2.75) is 37.8 Å². The third-order valence-electron chi connectivity index (χ3n) is 6.15. The molecule has 2 aromatic carbocycles. The standard InChI is InChI=1S/C23H19Cl2N5O3S/c24-19-8-3-14(9-20(19)25)22(31)29-17-6-7-18(29)11-15(10-17)27-28-23-26-21(12-34-23)13-1-4-16(5-2-13)30(32)33/h1-5,8-9,12,17-18H,6-7,10-11H2,(H,26,28). The molecule has 1 amide bonds. The first-order valence-corrected chi connectivity index (χ1v) is 12.3. The van der Waals surface area contributed by atoms with Gasteiger partial charge in [-0.1, -0.05) is 23.2 Å². The normalized spacial score (nSPS) is 19.2. The largest absolute Gasteiger partial charge is 0.332 e. The number of hydrazone groups is 1. The SMILES string of the molecule is O=C(c1ccc(Cl)c(Cl)c1)N1C2CCC1CC(=NNc1nc(-c3ccc([N+](=O)[O-])cc3)cs1)C2. The lowest BCUT2D eigenvalue weighted by atomic mass is 9.99. The van der Waals surface area contributed by atoms with Crippen LogP contribution < -0.4 is 5.43 Å². The molecule has 2 atom stereocenters. The van der Waals surface area contributed by atoms with Crippen LogP contribution in [-0.2, 0) is 0 Å². The number of thiazole rings is 1. The second-order valence-corrected chi connectivity index (χ2v) is 9.94. The van der Waals surface area contributed by atoms with Crippen LogP contribution >= 0.6 is 34.5 Å². The predicted molar refractivity (Wildman–Crippen MR) is 134 cm³/mol. The molecule has 3 heterocycles. The Morgan fingerprint density at radius 3 is 2.47 bits per heavy atom. The Kier molecular flexibility index (Phi) is 6.24. The molecule has 0 radical (unpaired) electrons. The number of nitrogens with zero attached hydrogens (tertiary/aromatic N) is 4. The quantitative estimate of drug-likeness (QED) is 0.319. The number of nitrogens with one attached hydrogen (secondary N) is 1. The fourth-order valence-corrected chi connectivity index (χ4v) is 5.49. The highest BCUT2D eigenvalue weighted by Crippen LogP contribution is 2.36. The minimum atomic E-state index is -0.426. The van der Waals surface area contributed by atoms with Gasteiger partial charge < -0.3 is 4.90 Å². The number of non-ortho nitro benzene ring substituents is 1. The van der Waals surface area contributed by atoms with E-state index in [1.165, 1.54) is 23.5 Å². The van der Waals surface area contributed by atoms with Crippen molar-refractivity contribution in [1.82, 2.24) is 9.88 Å². The lowest BCUT2D eigenvalue weighted by Crippen LogP contribution is -2.47. The summed E-state index contributed by atoms with van der Waals surface area (Å²) >= 11 is 13.5. The van der Waals surface area contributed by atoms with E-state index in [0.717, 1.165) is 29.8 Å². The van der Waals surface area contributed by atoms with Crippen LogP contribution in [0.15, 0.2) is 52.9 Å². The summed E-state index contributed by atoms with van der Waals surface area (Å²) in [5, 5.41) is 18.7. The molecule has 11 heteroatoms. The number of hydrogen-bond donors (Lipinski definition) is 1. The predicted octanol–water partition coefficient (Wildman–Crippen LogP) is 6.26. The van der Waals surface area contributed by atoms with E-state index in [0.29, 0.717) is 33.6 Å². The molecule has 0 spiro atoms. The lowest BCUT2D eigenvalue weighted by molar-refractivity contribution is -0.384. The molecule has 8 nitrogen and oxygen atoms in total. The molecular weight excluding hydrogens is 497 g/mol. The minimum absolute atomic E-state index is 0.0225. The second kappa shape index (κ2) is 9.32. The molecule has 2 aliphatic heterocycles. The van der Waals surface area contributed by atoms with E-state index in [9.17, 15) is 14.9 Å². The fourth-order valence-electron chi connectivity index (χ4n) is 4.53. The van der Waals surface area contributed by atoms with Gasteiger partial charge in [-0.2, -0.15) is 5.10 Å². The van der Waals surface area contributed by atoms with Gasteiger partial charge in [-0.15, -0.1) is 11.3 Å². The maximum atomic E-state index is 13.1. The third-order valence-corrected chi connectivity index (χ3v) is 7.64. The summed E-state index contributed by atoms with van der Waals surface area (Å²) in [6.45, 7) is 0. The van der Waals surface area contributed by atoms with Gasteiger partial charge in [-0.25, -0.2) is 4.98 Å². The monoisotopic (exact) mass is 515 g/mol. The molecular formula is C23H19Cl2N5O3S. The number of carbonyl (C=O) groups excluding carboxylic acids is 1. The number of nitro groups is 1. The average Bonchev–Trinajstić information content (AvgIpc) is 3.41. The highest BCUT2D eigenvalue weighted by molar-refractivity contribution is 7.14. The van der Waals surface area contributed by atoms with Crippen LogP contribution in [-0.4, -0.2) is 38.5 Å². The van der Waals surface area contributed by atoms with Gasteiger partial charge in [-0.05, 0) is 43.2 Å². The Balaban J connectivity index is 1.24. The minimum Gasteiger partial charge on any atom is -0.332 e. The van der Waals surface area contributed by atoms with E-state index in [2.05, 4.69) is 15.5 Å². The van der Waals surface area contributed by atoms with Gasteiger partial charge in [0.2, 0.25) is 5.13 Å². The van der Waals surface area contributed by atoms with Crippen molar-refractivity contribution in [2.24, 2.45) is 5.10 Å². The highest BCUT2D eigenvalue weighted by Gasteiger charge is 2.42.